The number of benzene rings is 1. The van der Waals surface area contributed by atoms with Gasteiger partial charge in [-0.1, -0.05) is 66.5 Å². The maximum Gasteiger partial charge on any atom is 0.243 e. The van der Waals surface area contributed by atoms with Crippen LogP contribution in [-0.4, -0.2) is 108 Å². The van der Waals surface area contributed by atoms with E-state index in [1.54, 1.807) is 26.0 Å². The molecule has 0 aliphatic rings. The largest absolute Gasteiger partial charge is 0.508 e. The molecule has 0 aliphatic heterocycles. The average molecular weight is 861 g/mol. The van der Waals surface area contributed by atoms with Gasteiger partial charge in [-0.05, 0) is 80.5 Å². The van der Waals surface area contributed by atoms with Crippen LogP contribution in [0.3, 0.4) is 0 Å². The van der Waals surface area contributed by atoms with E-state index in [0.717, 1.165) is 0 Å². The minimum atomic E-state index is -1.12. The van der Waals surface area contributed by atoms with E-state index in [0.29, 0.717) is 44.2 Å². The number of carbonyl (C=O) groups excluding carboxylic acids is 7. The van der Waals surface area contributed by atoms with Crippen molar-refractivity contribution in [1.82, 2.24) is 31.9 Å². The zero-order valence-corrected chi connectivity index (χ0v) is 36.6. The fourth-order valence-corrected chi connectivity index (χ4v) is 6.18. The molecule has 20 heteroatoms. The Bertz CT molecular complexity index is 1610. The molecule has 8 atom stereocenters. The number of amides is 7. The third kappa shape index (κ3) is 20.5. The number of aromatic hydroxyl groups is 1. The molecule has 0 bridgehead atoms. The lowest BCUT2D eigenvalue weighted by Gasteiger charge is -2.29. The smallest absolute Gasteiger partial charge is 0.243 e. The fourth-order valence-electron chi connectivity index (χ4n) is 6.18. The minimum absolute atomic E-state index is 0.0325. The molecule has 0 aromatic heterocycles. The number of phenols is 1. The molecule has 0 heterocycles. The Labute approximate surface area is 359 Å². The van der Waals surface area contributed by atoms with Crippen molar-refractivity contribution in [1.29, 1.82) is 0 Å². The van der Waals surface area contributed by atoms with E-state index in [4.69, 9.17) is 28.7 Å². The van der Waals surface area contributed by atoms with Crippen LogP contribution in [0.2, 0.25) is 0 Å². The molecule has 0 radical (unpaired) electrons. The minimum Gasteiger partial charge on any atom is -0.508 e. The summed E-state index contributed by atoms with van der Waals surface area (Å²) in [4.78, 5) is 97.0. The van der Waals surface area contributed by atoms with E-state index in [-0.39, 0.29) is 55.8 Å². The standard InChI is InChI=1S/C41H72N12O8/c1-7-24(5)33(39(60)48-22-32(55)49-31(20-23(3)4)38(59)51-30(35(44)56)21-26-14-16-27(54)17-15-26)53-37(58)29(13-9-10-18-42)50-40(61)34(25(6)8-2)52-36(57)28(43)12-11-19-47-41(45)46/h14-17,23-25,28-31,33-34,54H,7-13,18-22,42-43H2,1-6H3,(H2,44,56)(H,48,60)(H,49,55)(H,50,61)(H,51,59)(H,52,57)(H,53,58)(H4,45,46,47)/t24-,25-,28-,29-,30-,31-,33-,34-/m0/s1. The fraction of sp³-hybridized carbons (Fsp3) is 0.659. The highest BCUT2D eigenvalue weighted by Crippen LogP contribution is 2.14. The molecule has 344 valence electrons. The molecule has 0 aliphatic carbocycles. The molecule has 1 rings (SSSR count). The number of nitrogens with zero attached hydrogens (tertiary/aromatic N) is 1. The molecule has 1 aromatic rings. The second-order valence-electron chi connectivity index (χ2n) is 15.9. The number of nitrogens with one attached hydrogen (secondary N) is 6. The summed E-state index contributed by atoms with van der Waals surface area (Å²) in [5, 5.41) is 25.6. The predicted octanol–water partition coefficient (Wildman–Crippen LogP) is -1.39. The van der Waals surface area contributed by atoms with E-state index in [1.165, 1.54) is 12.1 Å². The lowest BCUT2D eigenvalue weighted by atomic mass is 9.96. The van der Waals surface area contributed by atoms with Gasteiger partial charge < -0.3 is 65.7 Å². The van der Waals surface area contributed by atoms with Crippen molar-refractivity contribution in [3.05, 3.63) is 29.8 Å². The highest BCUT2D eigenvalue weighted by molar-refractivity contribution is 5.96. The van der Waals surface area contributed by atoms with Crippen molar-refractivity contribution in [2.75, 3.05) is 19.6 Å². The van der Waals surface area contributed by atoms with Crippen LogP contribution in [0.25, 0.3) is 0 Å². The Morgan fingerprint density at radius 1 is 0.672 bits per heavy atom. The second kappa shape index (κ2) is 28.1. The number of rotatable bonds is 29. The van der Waals surface area contributed by atoms with Gasteiger partial charge in [-0.15, -0.1) is 0 Å². The van der Waals surface area contributed by atoms with Gasteiger partial charge in [0.2, 0.25) is 41.4 Å². The van der Waals surface area contributed by atoms with Gasteiger partial charge in [-0.25, -0.2) is 0 Å². The summed E-state index contributed by atoms with van der Waals surface area (Å²) in [7, 11) is 0. The van der Waals surface area contributed by atoms with Gasteiger partial charge in [0.05, 0.1) is 12.6 Å². The van der Waals surface area contributed by atoms with Crippen molar-refractivity contribution in [3.63, 3.8) is 0 Å². The number of hydrogen-bond donors (Lipinski definition) is 12. The molecular formula is C41H72N12O8. The van der Waals surface area contributed by atoms with Crippen LogP contribution in [0.1, 0.15) is 98.5 Å². The van der Waals surface area contributed by atoms with Crippen molar-refractivity contribution < 1.29 is 38.7 Å². The van der Waals surface area contributed by atoms with Crippen molar-refractivity contribution in [2.45, 2.75) is 136 Å². The highest BCUT2D eigenvalue weighted by atomic mass is 16.3. The summed E-state index contributed by atoms with van der Waals surface area (Å²) < 4.78 is 0. The number of hydrogen-bond acceptors (Lipinski definition) is 11. The van der Waals surface area contributed by atoms with Crippen LogP contribution in [-0.2, 0) is 40.0 Å². The first-order valence-electron chi connectivity index (χ1n) is 21.1. The average Bonchev–Trinajstić information content (AvgIpc) is 3.21. The van der Waals surface area contributed by atoms with Gasteiger partial charge in [0.25, 0.3) is 0 Å². The summed E-state index contributed by atoms with van der Waals surface area (Å²) >= 11 is 0. The number of unbranched alkanes of at least 4 members (excludes halogenated alkanes) is 1. The van der Waals surface area contributed by atoms with Crippen molar-refractivity contribution in [2.24, 2.45) is 51.4 Å². The molecule has 1 aromatic carbocycles. The van der Waals surface area contributed by atoms with Crippen LogP contribution in [0.5, 0.6) is 5.75 Å². The maximum absolute atomic E-state index is 13.9. The predicted molar refractivity (Wildman–Crippen MR) is 233 cm³/mol. The van der Waals surface area contributed by atoms with Gasteiger partial charge in [0.1, 0.15) is 36.0 Å². The van der Waals surface area contributed by atoms with Crippen LogP contribution < -0.4 is 60.6 Å². The van der Waals surface area contributed by atoms with Crippen LogP contribution in [0.15, 0.2) is 29.3 Å². The molecule has 20 nitrogen and oxygen atoms in total. The monoisotopic (exact) mass is 861 g/mol. The maximum atomic E-state index is 13.9. The van der Waals surface area contributed by atoms with Gasteiger partial charge >= 0.3 is 0 Å². The van der Waals surface area contributed by atoms with Gasteiger partial charge in [-0.2, -0.15) is 0 Å². The van der Waals surface area contributed by atoms with Crippen LogP contribution >= 0.6 is 0 Å². The Balaban J connectivity index is 3.11. The third-order valence-corrected chi connectivity index (χ3v) is 10.3. The first kappa shape index (κ1) is 53.5. The second-order valence-corrected chi connectivity index (χ2v) is 15.9. The third-order valence-electron chi connectivity index (χ3n) is 10.3. The van der Waals surface area contributed by atoms with E-state index < -0.39 is 90.1 Å². The number of primary amides is 1. The number of aliphatic imine (C=N–C) groups is 1. The summed E-state index contributed by atoms with van der Waals surface area (Å²) in [5.74, 6) is -5.46. The van der Waals surface area contributed by atoms with E-state index in [2.05, 4.69) is 36.9 Å². The molecule has 61 heavy (non-hydrogen) atoms. The van der Waals surface area contributed by atoms with E-state index in [9.17, 15) is 38.7 Å². The van der Waals surface area contributed by atoms with Gasteiger partial charge in [0.15, 0.2) is 5.96 Å². The number of nitrogens with two attached hydrogens (primary N) is 5. The first-order chi connectivity index (χ1) is 28.7. The zero-order chi connectivity index (χ0) is 46.2. The Kier molecular flexibility index (Phi) is 24.7. The molecule has 0 unspecified atom stereocenters. The number of carbonyl (C=O) groups is 7. The van der Waals surface area contributed by atoms with Crippen molar-refractivity contribution >= 4 is 47.3 Å². The summed E-state index contributed by atoms with van der Waals surface area (Å²) in [5.41, 5.74) is 28.7. The van der Waals surface area contributed by atoms with E-state index >= 15 is 0 Å². The molecule has 0 saturated heterocycles. The van der Waals surface area contributed by atoms with Gasteiger partial charge in [-0.3, -0.25) is 38.6 Å². The van der Waals surface area contributed by atoms with Crippen LogP contribution in [0.4, 0.5) is 0 Å². The molecule has 17 N–H and O–H groups in total. The highest BCUT2D eigenvalue weighted by Gasteiger charge is 2.34. The molecular weight excluding hydrogens is 789 g/mol. The Morgan fingerprint density at radius 3 is 1.77 bits per heavy atom. The van der Waals surface area contributed by atoms with E-state index in [1.807, 2.05) is 27.7 Å². The normalized spacial score (nSPS) is 15.0. The quantitative estimate of drug-likeness (QED) is 0.0252. The molecule has 0 spiro atoms. The first-order valence-corrected chi connectivity index (χ1v) is 21.1. The topological polar surface area (TPSA) is 354 Å². The van der Waals surface area contributed by atoms with Crippen molar-refractivity contribution in [3.8, 4) is 5.75 Å². The zero-order valence-electron chi connectivity index (χ0n) is 36.6. The summed E-state index contributed by atoms with van der Waals surface area (Å²) in [6.45, 7) is 11.0. The molecule has 0 fully saturated rings. The lowest BCUT2D eigenvalue weighted by Crippen LogP contribution is -2.60. The Hall–Kier alpha value is -5.50. The number of phenolic OH excluding ortho intramolecular Hbond substituents is 1. The number of guanidine groups is 1. The Morgan fingerprint density at radius 2 is 1.23 bits per heavy atom. The molecule has 7 amide bonds. The SMILES string of the molecule is CC[C@H](C)[C@H](NC(=O)[C@H](CCCCN)NC(=O)[C@@H](NC(=O)[C@@H](N)CCCN=C(N)N)[C@@H](C)CC)C(=O)NCC(=O)N[C@@H](CC(C)C)C(=O)N[C@@H](Cc1ccc(O)cc1)C(N)=O. The summed E-state index contributed by atoms with van der Waals surface area (Å²) in [6.07, 6.45) is 3.14. The van der Waals surface area contributed by atoms with Gasteiger partial charge in [0, 0.05) is 13.0 Å². The lowest BCUT2D eigenvalue weighted by molar-refractivity contribution is -0.135. The van der Waals surface area contributed by atoms with Crippen LogP contribution in [0, 0.1) is 17.8 Å². The molecule has 0 saturated carbocycles. The summed E-state index contributed by atoms with van der Waals surface area (Å²) in [6, 6.07) is -0.317.